The van der Waals surface area contributed by atoms with Crippen molar-refractivity contribution in [1.29, 1.82) is 0 Å². The van der Waals surface area contributed by atoms with E-state index in [9.17, 15) is 4.79 Å². The van der Waals surface area contributed by atoms with Crippen LogP contribution in [0.5, 0.6) is 0 Å². The minimum Gasteiger partial charge on any atom is -0.393 e. The largest absolute Gasteiger partial charge is 0.393 e. The van der Waals surface area contributed by atoms with E-state index in [1.54, 1.807) is 0 Å². The number of carbonyl (C=O) groups is 1. The maximum absolute atomic E-state index is 11.4. The number of thiocarbonyl (C=S) groups is 1. The van der Waals surface area contributed by atoms with Crippen LogP contribution in [0.25, 0.3) is 0 Å². The van der Waals surface area contributed by atoms with Crippen molar-refractivity contribution in [3.63, 3.8) is 0 Å². The number of amides is 1. The zero-order chi connectivity index (χ0) is 10.6. The van der Waals surface area contributed by atoms with Crippen molar-refractivity contribution in [2.45, 2.75) is 6.92 Å². The van der Waals surface area contributed by atoms with E-state index in [2.05, 4.69) is 14.9 Å². The van der Waals surface area contributed by atoms with Gasteiger partial charge in [0, 0.05) is 12.5 Å². The van der Waals surface area contributed by atoms with Gasteiger partial charge in [0.25, 0.3) is 5.91 Å². The Morgan fingerprint density at radius 3 is 3.07 bits per heavy atom. The smallest absolute Gasteiger partial charge is 0.264 e. The lowest BCUT2D eigenvalue weighted by Gasteiger charge is -2.09. The first kappa shape index (κ1) is 11.0. The molecule has 0 fully saturated rings. The molecule has 1 atom stereocenters. The van der Waals surface area contributed by atoms with E-state index in [0.29, 0.717) is 16.4 Å². The molecule has 1 unspecified atom stereocenters. The van der Waals surface area contributed by atoms with Crippen LogP contribution in [0, 0.1) is 5.92 Å². The summed E-state index contributed by atoms with van der Waals surface area (Å²) >= 11 is 5.83. The zero-order valence-corrected chi connectivity index (χ0v) is 9.19. The summed E-state index contributed by atoms with van der Waals surface area (Å²) in [5, 5.41) is 6.25. The Morgan fingerprint density at radius 1 is 1.86 bits per heavy atom. The van der Waals surface area contributed by atoms with Crippen LogP contribution in [-0.4, -0.2) is 27.0 Å². The van der Waals surface area contributed by atoms with Crippen LogP contribution in [0.1, 0.15) is 16.6 Å². The van der Waals surface area contributed by atoms with Gasteiger partial charge in [0.1, 0.15) is 4.88 Å². The lowest BCUT2D eigenvalue weighted by Crippen LogP contribution is -2.33. The fourth-order valence-electron chi connectivity index (χ4n) is 0.701. The molecule has 0 saturated heterocycles. The molecule has 3 N–H and O–H groups in total. The van der Waals surface area contributed by atoms with Gasteiger partial charge in [-0.25, -0.2) is 0 Å². The number of hydrogen-bond acceptors (Lipinski definition) is 5. The molecule has 1 aromatic heterocycles. The second-order valence-corrected chi connectivity index (χ2v) is 4.05. The van der Waals surface area contributed by atoms with Crippen LogP contribution >= 0.6 is 23.8 Å². The van der Waals surface area contributed by atoms with Crippen LogP contribution in [-0.2, 0) is 0 Å². The molecule has 1 rings (SSSR count). The van der Waals surface area contributed by atoms with Crippen molar-refractivity contribution in [2.24, 2.45) is 11.7 Å². The van der Waals surface area contributed by atoms with E-state index in [-0.39, 0.29) is 11.8 Å². The normalized spacial score (nSPS) is 12.1. The third kappa shape index (κ3) is 3.00. The summed E-state index contributed by atoms with van der Waals surface area (Å²) in [7, 11) is 0. The van der Waals surface area contributed by atoms with Gasteiger partial charge in [-0.3, -0.25) is 4.79 Å². The number of nitrogens with zero attached hydrogens (tertiary/aromatic N) is 2. The molecule has 1 amide bonds. The summed E-state index contributed by atoms with van der Waals surface area (Å²) in [6.45, 7) is 2.29. The molecule has 14 heavy (non-hydrogen) atoms. The van der Waals surface area contributed by atoms with Gasteiger partial charge >= 0.3 is 0 Å². The predicted octanol–water partition coefficient (Wildman–Crippen LogP) is 0.190. The predicted molar refractivity (Wildman–Crippen MR) is 58.2 cm³/mol. The summed E-state index contributed by atoms with van der Waals surface area (Å²) in [5.74, 6) is -0.196. The first-order valence-corrected chi connectivity index (χ1v) is 5.14. The van der Waals surface area contributed by atoms with E-state index in [0.717, 1.165) is 11.5 Å². The van der Waals surface area contributed by atoms with Crippen molar-refractivity contribution in [1.82, 2.24) is 14.9 Å². The summed E-state index contributed by atoms with van der Waals surface area (Å²) in [5.41, 5.74) is 5.40. The van der Waals surface area contributed by atoms with E-state index in [4.69, 9.17) is 18.0 Å². The molecule has 0 aliphatic rings. The van der Waals surface area contributed by atoms with Gasteiger partial charge in [-0.15, -0.1) is 5.10 Å². The highest BCUT2D eigenvalue weighted by Gasteiger charge is 2.10. The SMILES string of the molecule is CC(CNC(=O)c1cnns1)C(N)=S. The van der Waals surface area contributed by atoms with Crippen LogP contribution in [0.2, 0.25) is 0 Å². The number of hydrogen-bond donors (Lipinski definition) is 2. The number of carbonyl (C=O) groups excluding carboxylic acids is 1. The third-order valence-corrected chi connectivity index (χ3v) is 2.71. The van der Waals surface area contributed by atoms with Crippen molar-refractivity contribution in [3.05, 3.63) is 11.1 Å². The lowest BCUT2D eigenvalue weighted by atomic mass is 10.2. The van der Waals surface area contributed by atoms with Gasteiger partial charge < -0.3 is 11.1 Å². The Bertz CT molecular complexity index is 324. The highest BCUT2D eigenvalue weighted by atomic mass is 32.1. The summed E-state index contributed by atoms with van der Waals surface area (Å²) < 4.78 is 3.59. The Kier molecular flexibility index (Phi) is 3.90. The Balaban J connectivity index is 2.40. The molecule has 0 aliphatic heterocycles. The molecule has 1 heterocycles. The van der Waals surface area contributed by atoms with Crippen LogP contribution in [0.15, 0.2) is 6.20 Å². The van der Waals surface area contributed by atoms with Gasteiger partial charge in [0.15, 0.2) is 0 Å². The van der Waals surface area contributed by atoms with E-state index >= 15 is 0 Å². The van der Waals surface area contributed by atoms with Crippen molar-refractivity contribution in [3.8, 4) is 0 Å². The van der Waals surface area contributed by atoms with E-state index in [1.807, 2.05) is 6.92 Å². The summed E-state index contributed by atoms with van der Waals surface area (Å²) in [4.78, 5) is 12.3. The number of nitrogens with one attached hydrogen (secondary N) is 1. The Morgan fingerprint density at radius 2 is 2.57 bits per heavy atom. The maximum Gasteiger partial charge on any atom is 0.264 e. The topological polar surface area (TPSA) is 80.9 Å². The van der Waals surface area contributed by atoms with Gasteiger partial charge in [0.05, 0.1) is 11.2 Å². The highest BCUT2D eigenvalue weighted by Crippen LogP contribution is 2.01. The molecular formula is C7H10N4OS2. The van der Waals surface area contributed by atoms with Crippen molar-refractivity contribution in [2.75, 3.05) is 6.54 Å². The average molecular weight is 230 g/mol. The second-order valence-electron chi connectivity index (χ2n) is 2.80. The number of rotatable bonds is 4. The highest BCUT2D eigenvalue weighted by molar-refractivity contribution is 7.80. The van der Waals surface area contributed by atoms with Gasteiger partial charge in [-0.2, -0.15) is 0 Å². The van der Waals surface area contributed by atoms with Gasteiger partial charge in [0.2, 0.25) is 0 Å². The average Bonchev–Trinajstić information content (AvgIpc) is 2.66. The van der Waals surface area contributed by atoms with Crippen molar-refractivity contribution < 1.29 is 4.79 Å². The molecule has 0 radical (unpaired) electrons. The van der Waals surface area contributed by atoms with Crippen LogP contribution in [0.4, 0.5) is 0 Å². The zero-order valence-electron chi connectivity index (χ0n) is 7.56. The maximum atomic E-state index is 11.4. The fraction of sp³-hybridized carbons (Fsp3) is 0.429. The number of aromatic nitrogens is 2. The molecule has 0 aromatic carbocycles. The first-order chi connectivity index (χ1) is 6.61. The molecule has 1 aromatic rings. The minimum absolute atomic E-state index is 0.00479. The molecule has 0 spiro atoms. The van der Waals surface area contributed by atoms with Gasteiger partial charge in [-0.1, -0.05) is 23.6 Å². The molecule has 7 heteroatoms. The van der Waals surface area contributed by atoms with Crippen LogP contribution < -0.4 is 11.1 Å². The third-order valence-electron chi connectivity index (χ3n) is 1.64. The van der Waals surface area contributed by atoms with Crippen LogP contribution in [0.3, 0.4) is 0 Å². The monoisotopic (exact) mass is 230 g/mol. The second kappa shape index (κ2) is 4.97. The molecule has 5 nitrogen and oxygen atoms in total. The Hall–Kier alpha value is -1.08. The standard InChI is InChI=1S/C7H10N4OS2/c1-4(6(8)13)2-9-7(12)5-3-10-11-14-5/h3-4H,2H2,1H3,(H2,8,13)(H,9,12). The Labute approximate surface area is 90.9 Å². The van der Waals surface area contributed by atoms with Crippen molar-refractivity contribution >= 4 is 34.6 Å². The fourth-order valence-corrected chi connectivity index (χ4v) is 1.22. The molecule has 0 bridgehead atoms. The molecule has 0 aliphatic carbocycles. The quantitative estimate of drug-likeness (QED) is 0.722. The number of nitrogens with two attached hydrogens (primary N) is 1. The molecule has 76 valence electrons. The summed E-state index contributed by atoms with van der Waals surface area (Å²) in [6.07, 6.45) is 1.42. The van der Waals surface area contributed by atoms with Gasteiger partial charge in [-0.05, 0) is 11.5 Å². The molecular weight excluding hydrogens is 220 g/mol. The molecule has 0 saturated carbocycles. The minimum atomic E-state index is -0.192. The van der Waals surface area contributed by atoms with E-state index in [1.165, 1.54) is 6.20 Å². The lowest BCUT2D eigenvalue weighted by molar-refractivity contribution is 0.0955. The van der Waals surface area contributed by atoms with E-state index < -0.39 is 0 Å². The first-order valence-electron chi connectivity index (χ1n) is 3.96. The summed E-state index contributed by atoms with van der Waals surface area (Å²) in [6, 6.07) is 0.